The number of hydrogen-bond donors (Lipinski definition) is 0. The fourth-order valence-corrected chi connectivity index (χ4v) is 4.93. The topological polar surface area (TPSA) is 61.2 Å². The molecule has 0 atom stereocenters. The van der Waals surface area contributed by atoms with E-state index in [4.69, 9.17) is 5.26 Å². The first kappa shape index (κ1) is 13.8. The monoisotopic (exact) mass is 270 g/mol. The summed E-state index contributed by atoms with van der Waals surface area (Å²) in [7, 11) is -3.09. The Morgan fingerprint density at radius 3 is 2.22 bits per heavy atom. The fraction of sp³-hybridized carbons (Fsp3) is 0.923. The lowest BCUT2D eigenvalue weighted by Crippen LogP contribution is -2.41. The first-order chi connectivity index (χ1) is 8.62. The van der Waals surface area contributed by atoms with Gasteiger partial charge in [-0.25, -0.2) is 12.7 Å². The first-order valence-corrected chi connectivity index (χ1v) is 8.60. The minimum atomic E-state index is -3.09. The first-order valence-electron chi connectivity index (χ1n) is 6.99. The molecule has 1 saturated carbocycles. The van der Waals surface area contributed by atoms with Crippen LogP contribution in [0, 0.1) is 23.2 Å². The summed E-state index contributed by atoms with van der Waals surface area (Å²) in [6.07, 6.45) is 7.13. The molecule has 2 fully saturated rings. The highest BCUT2D eigenvalue weighted by Crippen LogP contribution is 2.27. The van der Waals surface area contributed by atoms with Crippen molar-refractivity contribution >= 4 is 10.0 Å². The van der Waals surface area contributed by atoms with Crippen molar-refractivity contribution in [3.8, 4) is 6.07 Å². The molecule has 0 spiro atoms. The summed E-state index contributed by atoms with van der Waals surface area (Å²) in [6, 6.07) is 2.24. The van der Waals surface area contributed by atoms with Crippen molar-refractivity contribution in [2.24, 2.45) is 11.8 Å². The van der Waals surface area contributed by atoms with Crippen molar-refractivity contribution < 1.29 is 8.42 Å². The maximum Gasteiger partial charge on any atom is 0.214 e. The van der Waals surface area contributed by atoms with E-state index in [1.165, 1.54) is 19.3 Å². The molecule has 0 aromatic heterocycles. The summed E-state index contributed by atoms with van der Waals surface area (Å²) >= 11 is 0. The van der Waals surface area contributed by atoms with Gasteiger partial charge in [-0.15, -0.1) is 0 Å². The van der Waals surface area contributed by atoms with Crippen LogP contribution in [0.2, 0.25) is 0 Å². The summed E-state index contributed by atoms with van der Waals surface area (Å²) in [5, 5.41) is 8.82. The molecule has 5 heteroatoms. The van der Waals surface area contributed by atoms with Gasteiger partial charge in [-0.3, -0.25) is 0 Å². The van der Waals surface area contributed by atoms with E-state index in [9.17, 15) is 8.42 Å². The maximum atomic E-state index is 12.3. The van der Waals surface area contributed by atoms with Crippen LogP contribution >= 0.6 is 0 Å². The molecule has 0 amide bonds. The molecule has 2 rings (SSSR count). The average Bonchev–Trinajstić information content (AvgIpc) is 2.39. The van der Waals surface area contributed by atoms with Gasteiger partial charge in [0.15, 0.2) is 0 Å². The number of hydrogen-bond acceptors (Lipinski definition) is 3. The molecule has 1 aliphatic carbocycles. The van der Waals surface area contributed by atoms with Crippen molar-refractivity contribution in [2.45, 2.75) is 44.9 Å². The third-order valence-corrected chi connectivity index (χ3v) is 6.25. The second-order valence-corrected chi connectivity index (χ2v) is 7.60. The van der Waals surface area contributed by atoms with Gasteiger partial charge in [0.25, 0.3) is 0 Å². The minimum absolute atomic E-state index is 0.0473. The Labute approximate surface area is 110 Å². The maximum absolute atomic E-state index is 12.3. The summed E-state index contributed by atoms with van der Waals surface area (Å²) < 4.78 is 26.2. The van der Waals surface area contributed by atoms with E-state index in [-0.39, 0.29) is 5.92 Å². The molecule has 0 unspecified atom stereocenters. The lowest BCUT2D eigenvalue weighted by Gasteiger charge is -2.30. The Balaban J connectivity index is 1.89. The normalized spacial score (nSPS) is 24.8. The lowest BCUT2D eigenvalue weighted by atomic mass is 9.91. The average molecular weight is 270 g/mol. The molecule has 4 nitrogen and oxygen atoms in total. The summed E-state index contributed by atoms with van der Waals surface area (Å²) in [5.74, 6) is 0.730. The Hall–Kier alpha value is -0.600. The molecular weight excluding hydrogens is 248 g/mol. The van der Waals surface area contributed by atoms with Crippen LogP contribution in [0.25, 0.3) is 0 Å². The molecule has 1 saturated heterocycles. The van der Waals surface area contributed by atoms with Gasteiger partial charge in [-0.2, -0.15) is 5.26 Å². The molecule has 2 aliphatic rings. The van der Waals surface area contributed by atoms with E-state index in [1.54, 1.807) is 4.31 Å². The van der Waals surface area contributed by atoms with Gasteiger partial charge >= 0.3 is 0 Å². The Morgan fingerprint density at radius 2 is 1.67 bits per heavy atom. The van der Waals surface area contributed by atoms with Crippen molar-refractivity contribution in [1.82, 2.24) is 4.31 Å². The second-order valence-electron chi connectivity index (χ2n) is 5.59. The van der Waals surface area contributed by atoms with Crippen LogP contribution in [-0.4, -0.2) is 31.6 Å². The van der Waals surface area contributed by atoms with Crippen molar-refractivity contribution in [3.05, 3.63) is 0 Å². The van der Waals surface area contributed by atoms with Gasteiger partial charge in [-0.1, -0.05) is 19.3 Å². The Bertz CT molecular complexity index is 399. The SMILES string of the molecule is N#CC1CCN(S(=O)(=O)CC2CCCCC2)CC1. The molecule has 1 heterocycles. The molecule has 0 N–H and O–H groups in total. The smallest absolute Gasteiger partial charge is 0.212 e. The highest BCUT2D eigenvalue weighted by atomic mass is 32.2. The number of sulfonamides is 1. The fourth-order valence-electron chi connectivity index (χ4n) is 3.02. The molecule has 0 aromatic carbocycles. The molecule has 0 radical (unpaired) electrons. The summed E-state index contributed by atoms with van der Waals surface area (Å²) in [4.78, 5) is 0. The predicted octanol–water partition coefficient (Wildman–Crippen LogP) is 2.13. The predicted molar refractivity (Wildman–Crippen MR) is 70.3 cm³/mol. The van der Waals surface area contributed by atoms with Crippen LogP contribution in [0.4, 0.5) is 0 Å². The zero-order valence-electron chi connectivity index (χ0n) is 10.8. The van der Waals surface area contributed by atoms with E-state index in [0.29, 0.717) is 37.6 Å². The molecular formula is C13H22N2O2S. The zero-order chi connectivity index (χ0) is 13.0. The van der Waals surface area contributed by atoms with Crippen LogP contribution in [0.3, 0.4) is 0 Å². The molecule has 0 bridgehead atoms. The van der Waals surface area contributed by atoms with E-state index in [1.807, 2.05) is 0 Å². The summed E-state index contributed by atoms with van der Waals surface area (Å²) in [6.45, 7) is 1.07. The van der Waals surface area contributed by atoms with Crippen molar-refractivity contribution in [2.75, 3.05) is 18.8 Å². The summed E-state index contributed by atoms with van der Waals surface area (Å²) in [5.41, 5.74) is 0. The van der Waals surface area contributed by atoms with Gasteiger partial charge in [0, 0.05) is 19.0 Å². The molecule has 0 aromatic rings. The van der Waals surface area contributed by atoms with Gasteiger partial charge in [0.05, 0.1) is 11.8 Å². The standard InChI is InChI=1S/C13H22N2O2S/c14-10-12-6-8-15(9-7-12)18(16,17)11-13-4-2-1-3-5-13/h12-13H,1-9,11H2. The van der Waals surface area contributed by atoms with E-state index in [2.05, 4.69) is 6.07 Å². The second kappa shape index (κ2) is 6.03. The van der Waals surface area contributed by atoms with Crippen molar-refractivity contribution in [3.63, 3.8) is 0 Å². The van der Waals surface area contributed by atoms with Gasteiger partial charge in [-0.05, 0) is 31.6 Å². The van der Waals surface area contributed by atoms with E-state index in [0.717, 1.165) is 12.8 Å². The van der Waals surface area contributed by atoms with Gasteiger partial charge < -0.3 is 0 Å². The van der Waals surface area contributed by atoms with E-state index >= 15 is 0 Å². The van der Waals surface area contributed by atoms with Gasteiger partial charge in [0.1, 0.15) is 0 Å². The number of piperidine rings is 1. The highest BCUT2D eigenvalue weighted by Gasteiger charge is 2.30. The van der Waals surface area contributed by atoms with Crippen LogP contribution in [0.15, 0.2) is 0 Å². The van der Waals surface area contributed by atoms with Crippen molar-refractivity contribution in [1.29, 1.82) is 5.26 Å². The quantitative estimate of drug-likeness (QED) is 0.789. The van der Waals surface area contributed by atoms with Gasteiger partial charge in [0.2, 0.25) is 10.0 Å². The lowest BCUT2D eigenvalue weighted by molar-refractivity contribution is 0.303. The minimum Gasteiger partial charge on any atom is -0.212 e. The molecule has 18 heavy (non-hydrogen) atoms. The third kappa shape index (κ3) is 3.46. The molecule has 102 valence electrons. The number of nitriles is 1. The van der Waals surface area contributed by atoms with Crippen LogP contribution in [-0.2, 0) is 10.0 Å². The van der Waals surface area contributed by atoms with E-state index < -0.39 is 10.0 Å². The third-order valence-electron chi connectivity index (χ3n) is 4.20. The van der Waals surface area contributed by atoms with Crippen LogP contribution in [0.1, 0.15) is 44.9 Å². The largest absolute Gasteiger partial charge is 0.214 e. The van der Waals surface area contributed by atoms with Crippen LogP contribution in [0.5, 0.6) is 0 Å². The zero-order valence-corrected chi connectivity index (χ0v) is 11.7. The molecule has 1 aliphatic heterocycles. The number of rotatable bonds is 3. The highest BCUT2D eigenvalue weighted by molar-refractivity contribution is 7.89. The number of nitrogens with zero attached hydrogens (tertiary/aromatic N) is 2. The Morgan fingerprint density at radius 1 is 1.06 bits per heavy atom. The van der Waals surface area contributed by atoms with Crippen LogP contribution < -0.4 is 0 Å². The Kier molecular flexibility index (Phi) is 4.63.